The van der Waals surface area contributed by atoms with E-state index in [9.17, 15) is 4.79 Å². The molecule has 0 aliphatic carbocycles. The molecular weight excluding hydrogens is 242 g/mol. The van der Waals surface area contributed by atoms with Crippen molar-refractivity contribution in [2.24, 2.45) is 0 Å². The Morgan fingerprint density at radius 2 is 2.11 bits per heavy atom. The lowest BCUT2D eigenvalue weighted by molar-refractivity contribution is 0.0690. The number of aromatic carboxylic acids is 1. The molecule has 0 fully saturated rings. The number of aromatic nitrogens is 3. The van der Waals surface area contributed by atoms with E-state index in [1.54, 1.807) is 12.4 Å². The molecule has 1 N–H and O–H groups in total. The van der Waals surface area contributed by atoms with E-state index in [4.69, 9.17) is 5.11 Å². The summed E-state index contributed by atoms with van der Waals surface area (Å²) >= 11 is 0. The predicted molar refractivity (Wildman–Crippen MR) is 70.1 cm³/mol. The zero-order valence-electron chi connectivity index (χ0n) is 10.2. The van der Waals surface area contributed by atoms with Gasteiger partial charge in [0, 0.05) is 24.0 Å². The molecule has 2 heterocycles. The molecule has 0 atom stereocenters. The van der Waals surface area contributed by atoms with Gasteiger partial charge < -0.3 is 5.11 Å². The highest BCUT2D eigenvalue weighted by Crippen LogP contribution is 2.19. The summed E-state index contributed by atoms with van der Waals surface area (Å²) < 4.78 is 1.49. The molecule has 5 nitrogen and oxygen atoms in total. The maximum Gasteiger partial charge on any atom is 0.356 e. The van der Waals surface area contributed by atoms with Crippen molar-refractivity contribution in [2.75, 3.05) is 0 Å². The third-order valence-electron chi connectivity index (χ3n) is 2.88. The Morgan fingerprint density at radius 3 is 2.84 bits per heavy atom. The number of benzene rings is 1. The molecule has 0 radical (unpaired) electrons. The Labute approximate surface area is 109 Å². The number of carboxylic acids is 1. The van der Waals surface area contributed by atoms with Crippen molar-refractivity contribution in [1.29, 1.82) is 0 Å². The van der Waals surface area contributed by atoms with Crippen LogP contribution in [0, 0.1) is 6.92 Å². The van der Waals surface area contributed by atoms with Gasteiger partial charge in [0.05, 0.1) is 0 Å². The van der Waals surface area contributed by atoms with E-state index in [0.717, 1.165) is 16.7 Å². The highest BCUT2D eigenvalue weighted by Gasteiger charge is 2.10. The summed E-state index contributed by atoms with van der Waals surface area (Å²) in [7, 11) is 0. The van der Waals surface area contributed by atoms with E-state index in [-0.39, 0.29) is 5.69 Å². The number of rotatable bonds is 2. The van der Waals surface area contributed by atoms with Crippen molar-refractivity contribution >= 4 is 11.6 Å². The minimum atomic E-state index is -1.05. The number of nitrogens with zero attached hydrogens (tertiary/aromatic N) is 3. The Morgan fingerprint density at radius 1 is 1.26 bits per heavy atom. The highest BCUT2D eigenvalue weighted by molar-refractivity contribution is 5.86. The topological polar surface area (TPSA) is 67.5 Å². The Hall–Kier alpha value is -2.69. The largest absolute Gasteiger partial charge is 0.476 e. The molecule has 0 unspecified atom stereocenters. The molecule has 94 valence electrons. The summed E-state index contributed by atoms with van der Waals surface area (Å²) in [5.41, 5.74) is 3.60. The molecule has 3 aromatic rings. The first-order valence-corrected chi connectivity index (χ1v) is 5.79. The van der Waals surface area contributed by atoms with Gasteiger partial charge in [0.2, 0.25) is 0 Å². The van der Waals surface area contributed by atoms with Crippen LogP contribution in [-0.2, 0) is 0 Å². The minimum absolute atomic E-state index is 0.00566. The van der Waals surface area contributed by atoms with Crippen molar-refractivity contribution in [1.82, 2.24) is 14.6 Å². The Kier molecular flexibility index (Phi) is 2.52. The van der Waals surface area contributed by atoms with Gasteiger partial charge in [0.15, 0.2) is 11.3 Å². The second kappa shape index (κ2) is 4.20. The number of hydrogen-bond donors (Lipinski definition) is 1. The molecule has 19 heavy (non-hydrogen) atoms. The lowest BCUT2D eigenvalue weighted by atomic mass is 10.1. The van der Waals surface area contributed by atoms with E-state index in [2.05, 4.69) is 10.1 Å². The zero-order valence-corrected chi connectivity index (χ0v) is 10.2. The van der Waals surface area contributed by atoms with Crippen molar-refractivity contribution < 1.29 is 9.90 Å². The number of hydrogen-bond acceptors (Lipinski definition) is 3. The van der Waals surface area contributed by atoms with E-state index in [1.807, 2.05) is 31.2 Å². The molecule has 5 heteroatoms. The van der Waals surface area contributed by atoms with Crippen LogP contribution in [0.15, 0.2) is 42.7 Å². The monoisotopic (exact) mass is 253 g/mol. The van der Waals surface area contributed by atoms with Crippen LogP contribution in [0.3, 0.4) is 0 Å². The quantitative estimate of drug-likeness (QED) is 0.761. The standard InChI is InChI=1S/C14H11N3O2/c1-9-3-2-4-10(5-9)11-7-15-13-6-12(14(18)19)16-17(13)8-11/h2-8H,1H3,(H,18,19). The van der Waals surface area contributed by atoms with Crippen LogP contribution in [0.4, 0.5) is 0 Å². The van der Waals surface area contributed by atoms with Crippen LogP contribution >= 0.6 is 0 Å². The first kappa shape index (κ1) is 11.4. The number of carboxylic acid groups (broad SMARTS) is 1. The summed E-state index contributed by atoms with van der Waals surface area (Å²) in [6.07, 6.45) is 3.50. The van der Waals surface area contributed by atoms with Crippen LogP contribution in [0.1, 0.15) is 16.1 Å². The summed E-state index contributed by atoms with van der Waals surface area (Å²) in [5, 5.41) is 12.9. The van der Waals surface area contributed by atoms with E-state index in [0.29, 0.717) is 5.65 Å². The normalized spacial score (nSPS) is 10.8. The van der Waals surface area contributed by atoms with Crippen molar-refractivity contribution in [3.63, 3.8) is 0 Å². The summed E-state index contributed by atoms with van der Waals surface area (Å²) in [4.78, 5) is 15.1. The van der Waals surface area contributed by atoms with Crippen LogP contribution in [-0.4, -0.2) is 25.7 Å². The molecule has 0 amide bonds. The number of carbonyl (C=O) groups is 1. The average Bonchev–Trinajstić information content (AvgIpc) is 2.81. The second-order valence-corrected chi connectivity index (χ2v) is 4.35. The number of aryl methyl sites for hydroxylation is 1. The van der Waals surface area contributed by atoms with Gasteiger partial charge in [-0.05, 0) is 12.5 Å². The van der Waals surface area contributed by atoms with Gasteiger partial charge in [-0.2, -0.15) is 5.10 Å². The fraction of sp³-hybridized carbons (Fsp3) is 0.0714. The van der Waals surface area contributed by atoms with Gasteiger partial charge in [-0.25, -0.2) is 14.3 Å². The smallest absolute Gasteiger partial charge is 0.356 e. The second-order valence-electron chi connectivity index (χ2n) is 4.35. The first-order valence-electron chi connectivity index (χ1n) is 5.79. The lowest BCUT2D eigenvalue weighted by Crippen LogP contribution is -1.97. The van der Waals surface area contributed by atoms with Crippen LogP contribution in [0.25, 0.3) is 16.8 Å². The molecule has 0 spiro atoms. The summed E-state index contributed by atoms with van der Waals surface area (Å²) in [6.45, 7) is 2.02. The molecule has 3 rings (SSSR count). The molecule has 0 saturated heterocycles. The predicted octanol–water partition coefficient (Wildman–Crippen LogP) is 2.40. The van der Waals surface area contributed by atoms with Crippen molar-refractivity contribution in [3.8, 4) is 11.1 Å². The van der Waals surface area contributed by atoms with Crippen LogP contribution in [0.5, 0.6) is 0 Å². The minimum Gasteiger partial charge on any atom is -0.476 e. The maximum atomic E-state index is 10.9. The van der Waals surface area contributed by atoms with Gasteiger partial charge in [0.1, 0.15) is 0 Å². The zero-order chi connectivity index (χ0) is 13.4. The third-order valence-corrected chi connectivity index (χ3v) is 2.88. The van der Waals surface area contributed by atoms with Crippen molar-refractivity contribution in [2.45, 2.75) is 6.92 Å². The van der Waals surface area contributed by atoms with Gasteiger partial charge in [-0.1, -0.05) is 29.8 Å². The Balaban J connectivity index is 2.13. The molecule has 0 aliphatic rings. The molecule has 0 saturated carbocycles. The maximum absolute atomic E-state index is 10.9. The molecule has 2 aromatic heterocycles. The fourth-order valence-corrected chi connectivity index (χ4v) is 1.95. The van der Waals surface area contributed by atoms with E-state index in [1.165, 1.54) is 10.6 Å². The van der Waals surface area contributed by atoms with Crippen molar-refractivity contribution in [3.05, 3.63) is 54.0 Å². The van der Waals surface area contributed by atoms with Gasteiger partial charge >= 0.3 is 5.97 Å². The van der Waals surface area contributed by atoms with E-state index >= 15 is 0 Å². The van der Waals surface area contributed by atoms with Gasteiger partial charge in [0.25, 0.3) is 0 Å². The van der Waals surface area contributed by atoms with Crippen LogP contribution < -0.4 is 0 Å². The molecular formula is C14H11N3O2. The Bertz CT molecular complexity index is 777. The molecule has 1 aromatic carbocycles. The average molecular weight is 253 g/mol. The summed E-state index contributed by atoms with van der Waals surface area (Å²) in [6, 6.07) is 9.47. The third kappa shape index (κ3) is 2.06. The number of fused-ring (bicyclic) bond motifs is 1. The van der Waals surface area contributed by atoms with Crippen LogP contribution in [0.2, 0.25) is 0 Å². The van der Waals surface area contributed by atoms with Gasteiger partial charge in [-0.3, -0.25) is 0 Å². The molecule has 0 bridgehead atoms. The lowest BCUT2D eigenvalue weighted by Gasteiger charge is -2.02. The molecule has 0 aliphatic heterocycles. The first-order chi connectivity index (χ1) is 9.13. The van der Waals surface area contributed by atoms with E-state index < -0.39 is 5.97 Å². The fourth-order valence-electron chi connectivity index (χ4n) is 1.95. The SMILES string of the molecule is Cc1cccc(-c2cnc3cc(C(=O)O)nn3c2)c1. The van der Waals surface area contributed by atoms with Gasteiger partial charge in [-0.15, -0.1) is 0 Å². The highest BCUT2D eigenvalue weighted by atomic mass is 16.4. The summed E-state index contributed by atoms with van der Waals surface area (Å²) in [5.74, 6) is -1.05.